The monoisotopic (exact) mass is 382 g/mol. The van der Waals surface area contributed by atoms with Gasteiger partial charge in [-0.1, -0.05) is 50.2 Å². The van der Waals surface area contributed by atoms with Crippen molar-refractivity contribution in [2.45, 2.75) is 18.7 Å². The topological polar surface area (TPSA) is 66.5 Å². The van der Waals surface area contributed by atoms with Crippen molar-refractivity contribution >= 4 is 32.4 Å². The first-order valence-electron chi connectivity index (χ1n) is 8.86. The Balaban J connectivity index is 1.86. The maximum Gasteiger partial charge on any atom is 0.255 e. The summed E-state index contributed by atoms with van der Waals surface area (Å²) < 4.78 is 26.7. The van der Waals surface area contributed by atoms with E-state index in [1.54, 1.807) is 38.1 Å². The Labute approximate surface area is 159 Å². The summed E-state index contributed by atoms with van der Waals surface area (Å²) in [6.45, 7) is 4.39. The van der Waals surface area contributed by atoms with Crippen LogP contribution in [0.1, 0.15) is 24.2 Å². The van der Waals surface area contributed by atoms with Crippen LogP contribution in [0.5, 0.6) is 0 Å². The normalized spacial score (nSPS) is 11.7. The number of fused-ring (bicyclic) bond motifs is 1. The second-order valence-electron chi connectivity index (χ2n) is 6.13. The van der Waals surface area contributed by atoms with Crippen LogP contribution in [0.15, 0.2) is 71.6 Å². The molecule has 0 fully saturated rings. The summed E-state index contributed by atoms with van der Waals surface area (Å²) in [6.07, 6.45) is 0. The maximum atomic E-state index is 12.7. The fraction of sp³-hybridized carbons (Fsp3) is 0.190. The average molecular weight is 382 g/mol. The van der Waals surface area contributed by atoms with Crippen molar-refractivity contribution < 1.29 is 13.2 Å². The van der Waals surface area contributed by atoms with Crippen LogP contribution in [0.2, 0.25) is 0 Å². The first-order chi connectivity index (χ1) is 13.0. The van der Waals surface area contributed by atoms with E-state index < -0.39 is 10.0 Å². The molecule has 3 aromatic carbocycles. The summed E-state index contributed by atoms with van der Waals surface area (Å²) in [5.74, 6) is -0.279. The van der Waals surface area contributed by atoms with Crippen LogP contribution >= 0.6 is 0 Å². The average Bonchev–Trinajstić information content (AvgIpc) is 2.68. The van der Waals surface area contributed by atoms with E-state index in [1.807, 2.05) is 36.4 Å². The Bertz CT molecular complexity index is 1070. The standard InChI is InChI=1S/C21H22N2O3S/c1-3-23(4-2)27(25,26)20-11-7-10-19(15-20)22-21(24)18-13-12-16-8-5-6-9-17(16)14-18/h5-15H,3-4H2,1-2H3,(H,22,24). The molecule has 0 saturated carbocycles. The van der Waals surface area contributed by atoms with E-state index in [-0.39, 0.29) is 10.8 Å². The van der Waals surface area contributed by atoms with Crippen molar-refractivity contribution in [2.75, 3.05) is 18.4 Å². The van der Waals surface area contributed by atoms with Crippen molar-refractivity contribution in [2.24, 2.45) is 0 Å². The van der Waals surface area contributed by atoms with E-state index in [0.717, 1.165) is 10.8 Å². The number of benzene rings is 3. The number of carbonyl (C=O) groups excluding carboxylic acids is 1. The first kappa shape index (κ1) is 19.1. The number of amides is 1. The summed E-state index contributed by atoms with van der Waals surface area (Å²) in [7, 11) is -3.57. The number of hydrogen-bond donors (Lipinski definition) is 1. The van der Waals surface area contributed by atoms with Crippen LogP contribution < -0.4 is 5.32 Å². The SMILES string of the molecule is CCN(CC)S(=O)(=O)c1cccc(NC(=O)c2ccc3ccccc3c2)c1. The van der Waals surface area contributed by atoms with E-state index in [9.17, 15) is 13.2 Å². The Hall–Kier alpha value is -2.70. The highest BCUT2D eigenvalue weighted by Gasteiger charge is 2.21. The molecule has 0 aliphatic carbocycles. The number of sulfonamides is 1. The van der Waals surface area contributed by atoms with E-state index in [1.165, 1.54) is 10.4 Å². The third-order valence-electron chi connectivity index (χ3n) is 4.45. The number of nitrogens with zero attached hydrogens (tertiary/aromatic N) is 1. The van der Waals surface area contributed by atoms with Crippen LogP contribution in [0.3, 0.4) is 0 Å². The molecule has 0 unspecified atom stereocenters. The van der Waals surface area contributed by atoms with Gasteiger partial charge in [-0.2, -0.15) is 4.31 Å². The van der Waals surface area contributed by atoms with E-state index in [4.69, 9.17) is 0 Å². The minimum absolute atomic E-state index is 0.169. The zero-order chi connectivity index (χ0) is 19.4. The predicted octanol–water partition coefficient (Wildman–Crippen LogP) is 4.12. The molecule has 27 heavy (non-hydrogen) atoms. The van der Waals surface area contributed by atoms with Crippen LogP contribution in [0.25, 0.3) is 10.8 Å². The zero-order valence-electron chi connectivity index (χ0n) is 15.3. The van der Waals surface area contributed by atoms with Crippen molar-refractivity contribution in [1.82, 2.24) is 4.31 Å². The van der Waals surface area contributed by atoms with Gasteiger partial charge in [0.2, 0.25) is 10.0 Å². The van der Waals surface area contributed by atoms with Crippen LogP contribution in [0, 0.1) is 0 Å². The molecule has 0 heterocycles. The molecule has 0 spiro atoms. The van der Waals surface area contributed by atoms with Gasteiger partial charge in [0.1, 0.15) is 0 Å². The van der Waals surface area contributed by atoms with Gasteiger partial charge < -0.3 is 5.32 Å². The van der Waals surface area contributed by atoms with Gasteiger partial charge in [-0.3, -0.25) is 4.79 Å². The van der Waals surface area contributed by atoms with Crippen LogP contribution in [-0.4, -0.2) is 31.7 Å². The Morgan fingerprint density at radius 2 is 1.59 bits per heavy atom. The molecule has 1 N–H and O–H groups in total. The molecule has 0 radical (unpaired) electrons. The van der Waals surface area contributed by atoms with Gasteiger partial charge in [-0.05, 0) is 41.1 Å². The minimum Gasteiger partial charge on any atom is -0.322 e. The Morgan fingerprint density at radius 1 is 0.889 bits per heavy atom. The van der Waals surface area contributed by atoms with Crippen molar-refractivity contribution in [1.29, 1.82) is 0 Å². The number of nitrogens with one attached hydrogen (secondary N) is 1. The molecule has 6 heteroatoms. The molecule has 1 amide bonds. The van der Waals surface area contributed by atoms with E-state index in [2.05, 4.69) is 5.32 Å². The van der Waals surface area contributed by atoms with Gasteiger partial charge in [-0.15, -0.1) is 0 Å². The first-order valence-corrected chi connectivity index (χ1v) is 10.3. The number of carbonyl (C=O) groups is 1. The van der Waals surface area contributed by atoms with Crippen molar-refractivity contribution in [3.8, 4) is 0 Å². The molecule has 0 aromatic heterocycles. The van der Waals surface area contributed by atoms with Gasteiger partial charge in [-0.25, -0.2) is 8.42 Å². The molecule has 5 nitrogen and oxygen atoms in total. The molecule has 0 saturated heterocycles. The number of rotatable bonds is 6. The molecule has 140 valence electrons. The molecule has 3 rings (SSSR count). The lowest BCUT2D eigenvalue weighted by molar-refractivity contribution is 0.102. The van der Waals surface area contributed by atoms with Gasteiger partial charge >= 0.3 is 0 Å². The second kappa shape index (κ2) is 7.90. The quantitative estimate of drug-likeness (QED) is 0.697. The molecular weight excluding hydrogens is 360 g/mol. The van der Waals surface area contributed by atoms with Crippen molar-refractivity contribution in [3.05, 3.63) is 72.3 Å². The van der Waals surface area contributed by atoms with Crippen LogP contribution in [-0.2, 0) is 10.0 Å². The molecule has 0 atom stereocenters. The molecule has 0 aliphatic rings. The lowest BCUT2D eigenvalue weighted by Crippen LogP contribution is -2.30. The summed E-state index contributed by atoms with van der Waals surface area (Å²) in [5.41, 5.74) is 0.965. The van der Waals surface area contributed by atoms with E-state index in [0.29, 0.717) is 24.3 Å². The van der Waals surface area contributed by atoms with Crippen molar-refractivity contribution in [3.63, 3.8) is 0 Å². The Kier molecular flexibility index (Phi) is 5.58. The van der Waals surface area contributed by atoms with Gasteiger partial charge in [0.25, 0.3) is 5.91 Å². The Morgan fingerprint density at radius 3 is 2.30 bits per heavy atom. The van der Waals surface area contributed by atoms with Gasteiger partial charge in [0.15, 0.2) is 0 Å². The zero-order valence-corrected chi connectivity index (χ0v) is 16.2. The van der Waals surface area contributed by atoms with Gasteiger partial charge in [0.05, 0.1) is 4.90 Å². The molecule has 3 aromatic rings. The van der Waals surface area contributed by atoms with Crippen LogP contribution in [0.4, 0.5) is 5.69 Å². The highest BCUT2D eigenvalue weighted by atomic mass is 32.2. The minimum atomic E-state index is -3.57. The highest BCUT2D eigenvalue weighted by Crippen LogP contribution is 2.21. The largest absolute Gasteiger partial charge is 0.322 e. The fourth-order valence-electron chi connectivity index (χ4n) is 2.98. The number of anilines is 1. The third-order valence-corrected chi connectivity index (χ3v) is 6.49. The fourth-order valence-corrected chi connectivity index (χ4v) is 4.49. The summed E-state index contributed by atoms with van der Waals surface area (Å²) >= 11 is 0. The number of hydrogen-bond acceptors (Lipinski definition) is 3. The maximum absolute atomic E-state index is 12.7. The molecule has 0 bridgehead atoms. The van der Waals surface area contributed by atoms with Gasteiger partial charge in [0, 0.05) is 24.3 Å². The molecule has 0 aliphatic heterocycles. The summed E-state index contributed by atoms with van der Waals surface area (Å²) in [4.78, 5) is 12.8. The lowest BCUT2D eigenvalue weighted by Gasteiger charge is -2.18. The predicted molar refractivity (Wildman–Crippen MR) is 108 cm³/mol. The highest BCUT2D eigenvalue weighted by molar-refractivity contribution is 7.89. The van der Waals surface area contributed by atoms with E-state index >= 15 is 0 Å². The molecular formula is C21H22N2O3S. The second-order valence-corrected chi connectivity index (χ2v) is 8.07. The third kappa shape index (κ3) is 4.02. The summed E-state index contributed by atoms with van der Waals surface area (Å²) in [6, 6.07) is 19.6. The summed E-state index contributed by atoms with van der Waals surface area (Å²) in [5, 5.41) is 4.82. The smallest absolute Gasteiger partial charge is 0.255 e. The lowest BCUT2D eigenvalue weighted by atomic mass is 10.1.